The summed E-state index contributed by atoms with van der Waals surface area (Å²) in [4.78, 5) is 13.4. The highest BCUT2D eigenvalue weighted by atomic mass is 32.2. The van der Waals surface area contributed by atoms with E-state index in [0.29, 0.717) is 5.82 Å². The van der Waals surface area contributed by atoms with Crippen LogP contribution >= 0.6 is 11.8 Å². The summed E-state index contributed by atoms with van der Waals surface area (Å²) in [6, 6.07) is 0. The zero-order chi connectivity index (χ0) is 8.39. The van der Waals surface area contributed by atoms with Crippen molar-refractivity contribution in [1.29, 1.82) is 0 Å². The molecule has 0 saturated carbocycles. The number of aryl methyl sites for hydroxylation is 1. The first-order valence-electron chi connectivity index (χ1n) is 3.55. The molecule has 0 radical (unpaired) electrons. The Bertz CT molecular complexity index is 341. The number of hydrogen-bond donors (Lipinski definition) is 0. The fourth-order valence-electron chi connectivity index (χ4n) is 1.15. The van der Waals surface area contributed by atoms with E-state index in [9.17, 15) is 4.79 Å². The van der Waals surface area contributed by atoms with Crippen LogP contribution in [0.3, 0.4) is 0 Å². The van der Waals surface area contributed by atoms with Crippen molar-refractivity contribution in [3.63, 3.8) is 0 Å². The Morgan fingerprint density at radius 2 is 2.58 bits per heavy atom. The SMILES string of the molecule is O=C=Nc1noc2c1CSCC2. The summed E-state index contributed by atoms with van der Waals surface area (Å²) < 4.78 is 5.00. The number of fused-ring (bicyclic) bond motifs is 1. The molecule has 0 fully saturated rings. The average molecular weight is 182 g/mol. The third-order valence-electron chi connectivity index (χ3n) is 1.72. The van der Waals surface area contributed by atoms with Crippen LogP contribution in [0.4, 0.5) is 5.82 Å². The molecule has 0 atom stereocenters. The second kappa shape index (κ2) is 3.13. The molecule has 0 aliphatic carbocycles. The van der Waals surface area contributed by atoms with Gasteiger partial charge in [-0.05, 0) is 0 Å². The molecule has 1 aliphatic heterocycles. The van der Waals surface area contributed by atoms with Crippen LogP contribution in [-0.2, 0) is 17.0 Å². The van der Waals surface area contributed by atoms with Crippen LogP contribution in [-0.4, -0.2) is 17.0 Å². The molecule has 0 saturated heterocycles. The Labute approximate surface area is 73.0 Å². The fourth-order valence-corrected chi connectivity index (χ4v) is 2.11. The van der Waals surface area contributed by atoms with Gasteiger partial charge in [-0.3, -0.25) is 0 Å². The van der Waals surface area contributed by atoms with Crippen LogP contribution in [0, 0.1) is 0 Å². The van der Waals surface area contributed by atoms with Gasteiger partial charge in [0.2, 0.25) is 11.9 Å². The largest absolute Gasteiger partial charge is 0.359 e. The molecule has 0 bridgehead atoms. The summed E-state index contributed by atoms with van der Waals surface area (Å²) >= 11 is 1.79. The van der Waals surface area contributed by atoms with Crippen LogP contribution in [0.25, 0.3) is 0 Å². The summed E-state index contributed by atoms with van der Waals surface area (Å²) in [5, 5.41) is 3.67. The van der Waals surface area contributed by atoms with E-state index >= 15 is 0 Å². The summed E-state index contributed by atoms with van der Waals surface area (Å²) in [6.45, 7) is 0. The molecule has 4 nitrogen and oxygen atoms in total. The van der Waals surface area contributed by atoms with E-state index in [-0.39, 0.29) is 0 Å². The Morgan fingerprint density at radius 1 is 1.67 bits per heavy atom. The number of carbonyl (C=O) groups excluding carboxylic acids is 1. The Balaban J connectivity index is 2.44. The molecule has 2 heterocycles. The minimum atomic E-state index is 0.396. The van der Waals surface area contributed by atoms with Gasteiger partial charge in [0.1, 0.15) is 5.76 Å². The van der Waals surface area contributed by atoms with Gasteiger partial charge in [-0.2, -0.15) is 11.8 Å². The van der Waals surface area contributed by atoms with Gasteiger partial charge in [-0.1, -0.05) is 5.16 Å². The summed E-state index contributed by atoms with van der Waals surface area (Å²) in [7, 11) is 0. The highest BCUT2D eigenvalue weighted by molar-refractivity contribution is 7.98. The highest BCUT2D eigenvalue weighted by Crippen LogP contribution is 2.31. The van der Waals surface area contributed by atoms with E-state index in [0.717, 1.165) is 29.3 Å². The molecule has 0 amide bonds. The Kier molecular flexibility index (Phi) is 1.98. The van der Waals surface area contributed by atoms with Gasteiger partial charge < -0.3 is 4.52 Å². The third kappa shape index (κ3) is 1.17. The maximum absolute atomic E-state index is 9.98. The molecule has 0 spiro atoms. The van der Waals surface area contributed by atoms with E-state index in [1.54, 1.807) is 11.8 Å². The molecule has 0 unspecified atom stereocenters. The topological polar surface area (TPSA) is 55.5 Å². The maximum atomic E-state index is 9.98. The smallest absolute Gasteiger partial charge is 0.242 e. The molecule has 1 aliphatic rings. The van der Waals surface area contributed by atoms with E-state index in [1.807, 2.05) is 0 Å². The second-order valence-corrected chi connectivity index (χ2v) is 3.52. The first-order valence-corrected chi connectivity index (χ1v) is 4.70. The molecule has 62 valence electrons. The van der Waals surface area contributed by atoms with Crippen LogP contribution in [0.5, 0.6) is 0 Å². The van der Waals surface area contributed by atoms with Crippen molar-refractivity contribution in [2.75, 3.05) is 5.75 Å². The van der Waals surface area contributed by atoms with Crippen molar-refractivity contribution in [2.45, 2.75) is 12.2 Å². The lowest BCUT2D eigenvalue weighted by Gasteiger charge is -2.06. The maximum Gasteiger partial charge on any atom is 0.242 e. The minimum Gasteiger partial charge on any atom is -0.359 e. The van der Waals surface area contributed by atoms with Crippen molar-refractivity contribution >= 4 is 23.7 Å². The Morgan fingerprint density at radius 3 is 3.42 bits per heavy atom. The lowest BCUT2D eigenvalue weighted by molar-refractivity contribution is 0.387. The van der Waals surface area contributed by atoms with Gasteiger partial charge in [0, 0.05) is 17.9 Å². The van der Waals surface area contributed by atoms with Gasteiger partial charge in [0.15, 0.2) is 0 Å². The molecule has 5 heteroatoms. The van der Waals surface area contributed by atoms with Gasteiger partial charge in [-0.15, -0.1) is 4.99 Å². The molecule has 0 N–H and O–H groups in total. The molecule has 0 aromatic carbocycles. The number of aromatic nitrogens is 1. The van der Waals surface area contributed by atoms with Crippen molar-refractivity contribution in [2.24, 2.45) is 4.99 Å². The summed E-state index contributed by atoms with van der Waals surface area (Å²) in [6.07, 6.45) is 2.34. The van der Waals surface area contributed by atoms with Crippen LogP contribution in [0.15, 0.2) is 9.52 Å². The van der Waals surface area contributed by atoms with Crippen molar-refractivity contribution in [3.05, 3.63) is 11.3 Å². The number of rotatable bonds is 1. The van der Waals surface area contributed by atoms with E-state index in [4.69, 9.17) is 4.52 Å². The van der Waals surface area contributed by atoms with Crippen molar-refractivity contribution < 1.29 is 9.32 Å². The summed E-state index contributed by atoms with van der Waals surface area (Å²) in [5.41, 5.74) is 0.953. The normalized spacial score (nSPS) is 15.0. The predicted molar refractivity (Wildman–Crippen MR) is 44.2 cm³/mol. The quantitative estimate of drug-likeness (QED) is 0.487. The first kappa shape index (κ1) is 7.58. The molecule has 1 aromatic rings. The van der Waals surface area contributed by atoms with E-state index < -0.39 is 0 Å². The highest BCUT2D eigenvalue weighted by Gasteiger charge is 2.18. The molecule has 2 rings (SSSR count). The number of isocyanates is 1. The van der Waals surface area contributed by atoms with Gasteiger partial charge in [-0.25, -0.2) is 4.79 Å². The van der Waals surface area contributed by atoms with Gasteiger partial charge in [0.05, 0.1) is 5.56 Å². The zero-order valence-corrected chi connectivity index (χ0v) is 7.06. The number of hydrogen-bond acceptors (Lipinski definition) is 5. The van der Waals surface area contributed by atoms with E-state index in [2.05, 4.69) is 10.1 Å². The van der Waals surface area contributed by atoms with Crippen LogP contribution in [0.1, 0.15) is 11.3 Å². The number of nitrogens with zero attached hydrogens (tertiary/aromatic N) is 2. The van der Waals surface area contributed by atoms with Crippen LogP contribution in [0.2, 0.25) is 0 Å². The first-order chi connectivity index (χ1) is 5.92. The third-order valence-corrected chi connectivity index (χ3v) is 2.71. The number of thioether (sulfide) groups is 1. The van der Waals surface area contributed by atoms with Crippen molar-refractivity contribution in [1.82, 2.24) is 5.16 Å². The molecule has 1 aromatic heterocycles. The van der Waals surface area contributed by atoms with Gasteiger partial charge >= 0.3 is 0 Å². The monoisotopic (exact) mass is 182 g/mol. The standard InChI is InChI=1S/C7H6N2O2S/c10-4-8-7-5-3-12-2-1-6(5)11-9-7/h1-3H2. The molecule has 12 heavy (non-hydrogen) atoms. The molecular weight excluding hydrogens is 176 g/mol. The number of aliphatic imine (C=N–C) groups is 1. The van der Waals surface area contributed by atoms with Gasteiger partial charge in [0.25, 0.3) is 0 Å². The van der Waals surface area contributed by atoms with Crippen LogP contribution < -0.4 is 0 Å². The lowest BCUT2D eigenvalue weighted by Crippen LogP contribution is -1.98. The zero-order valence-electron chi connectivity index (χ0n) is 6.24. The minimum absolute atomic E-state index is 0.396. The van der Waals surface area contributed by atoms with Crippen molar-refractivity contribution in [3.8, 4) is 0 Å². The fraction of sp³-hybridized carbons (Fsp3) is 0.429. The average Bonchev–Trinajstić information content (AvgIpc) is 2.50. The second-order valence-electron chi connectivity index (χ2n) is 2.41. The predicted octanol–water partition coefficient (Wildman–Crippen LogP) is 1.43. The summed E-state index contributed by atoms with van der Waals surface area (Å²) in [5.74, 6) is 3.14. The Hall–Kier alpha value is -1.06. The van der Waals surface area contributed by atoms with E-state index in [1.165, 1.54) is 6.08 Å². The lowest BCUT2D eigenvalue weighted by atomic mass is 10.2. The molecular formula is C7H6N2O2S.